The number of anilines is 1. The van der Waals surface area contributed by atoms with Crippen LogP contribution in [0.5, 0.6) is 0 Å². The average Bonchev–Trinajstić information content (AvgIpc) is 2.72. The summed E-state index contributed by atoms with van der Waals surface area (Å²) in [5, 5.41) is 1.21. The zero-order chi connectivity index (χ0) is 11.0. The van der Waals surface area contributed by atoms with Gasteiger partial charge in [-0.05, 0) is 30.7 Å². The molecule has 0 N–H and O–H groups in total. The fourth-order valence-electron chi connectivity index (χ4n) is 2.16. The van der Waals surface area contributed by atoms with Gasteiger partial charge in [0.05, 0.1) is 19.5 Å². The Morgan fingerprint density at radius 3 is 2.81 bits per heavy atom. The number of furan rings is 1. The predicted octanol–water partition coefficient (Wildman–Crippen LogP) is 2.58. The highest BCUT2D eigenvalue weighted by atomic mass is 16.5. The smallest absolute Gasteiger partial charge is 0.134 e. The Balaban J connectivity index is 1.99. The first-order valence-corrected chi connectivity index (χ1v) is 5.65. The lowest BCUT2D eigenvalue weighted by atomic mass is 10.1. The van der Waals surface area contributed by atoms with Crippen molar-refractivity contribution in [3.8, 4) is 0 Å². The summed E-state index contributed by atoms with van der Waals surface area (Å²) >= 11 is 0. The lowest BCUT2D eigenvalue weighted by molar-refractivity contribution is 0.122. The second-order valence-corrected chi connectivity index (χ2v) is 4.20. The summed E-state index contributed by atoms with van der Waals surface area (Å²) in [6, 6.07) is 6.38. The molecule has 0 radical (unpaired) electrons. The molecular weight excluding hydrogens is 202 g/mol. The van der Waals surface area contributed by atoms with E-state index in [1.54, 1.807) is 0 Å². The van der Waals surface area contributed by atoms with Crippen LogP contribution in [-0.2, 0) is 4.74 Å². The molecule has 0 unspecified atom stereocenters. The molecule has 3 heteroatoms. The van der Waals surface area contributed by atoms with Crippen LogP contribution in [0.3, 0.4) is 0 Å². The summed E-state index contributed by atoms with van der Waals surface area (Å²) in [5.74, 6) is 0. The third-order valence-corrected chi connectivity index (χ3v) is 3.13. The fourth-order valence-corrected chi connectivity index (χ4v) is 2.16. The largest absolute Gasteiger partial charge is 0.464 e. The maximum Gasteiger partial charge on any atom is 0.134 e. The molecule has 0 aliphatic carbocycles. The topological polar surface area (TPSA) is 25.6 Å². The van der Waals surface area contributed by atoms with Crippen molar-refractivity contribution >= 4 is 16.7 Å². The number of hydrogen-bond donors (Lipinski definition) is 0. The highest BCUT2D eigenvalue weighted by Crippen LogP contribution is 2.26. The molecule has 0 atom stereocenters. The molecule has 16 heavy (non-hydrogen) atoms. The van der Waals surface area contributed by atoms with Gasteiger partial charge < -0.3 is 14.1 Å². The number of nitrogens with zero attached hydrogens (tertiary/aromatic N) is 1. The normalized spacial score (nSPS) is 16.9. The SMILES string of the molecule is Cc1coc2ccc(N3CCOCC3)cc12. The van der Waals surface area contributed by atoms with Gasteiger partial charge >= 0.3 is 0 Å². The van der Waals surface area contributed by atoms with Gasteiger partial charge in [-0.2, -0.15) is 0 Å². The van der Waals surface area contributed by atoms with Gasteiger partial charge in [0, 0.05) is 24.2 Å². The summed E-state index contributed by atoms with van der Waals surface area (Å²) < 4.78 is 10.8. The molecule has 0 bridgehead atoms. The van der Waals surface area contributed by atoms with Crippen LogP contribution in [0, 0.1) is 6.92 Å². The van der Waals surface area contributed by atoms with Crippen molar-refractivity contribution in [3.05, 3.63) is 30.0 Å². The number of rotatable bonds is 1. The van der Waals surface area contributed by atoms with E-state index in [-0.39, 0.29) is 0 Å². The Hall–Kier alpha value is -1.48. The predicted molar refractivity (Wildman–Crippen MR) is 64.0 cm³/mol. The minimum absolute atomic E-state index is 0.822. The Bertz CT molecular complexity index is 498. The summed E-state index contributed by atoms with van der Waals surface area (Å²) in [6.45, 7) is 5.67. The molecule has 2 aromatic rings. The molecule has 1 fully saturated rings. The third kappa shape index (κ3) is 1.57. The van der Waals surface area contributed by atoms with Crippen molar-refractivity contribution in [2.45, 2.75) is 6.92 Å². The van der Waals surface area contributed by atoms with Crippen molar-refractivity contribution in [3.63, 3.8) is 0 Å². The Morgan fingerprint density at radius 2 is 2.00 bits per heavy atom. The summed E-state index contributed by atoms with van der Waals surface area (Å²) in [6.07, 6.45) is 1.81. The van der Waals surface area contributed by atoms with Crippen LogP contribution in [-0.4, -0.2) is 26.3 Å². The number of aryl methyl sites for hydroxylation is 1. The molecule has 2 heterocycles. The van der Waals surface area contributed by atoms with Gasteiger partial charge in [-0.3, -0.25) is 0 Å². The van der Waals surface area contributed by atoms with Crippen LogP contribution in [0.1, 0.15) is 5.56 Å². The summed E-state index contributed by atoms with van der Waals surface area (Å²) in [5.41, 5.74) is 3.43. The van der Waals surface area contributed by atoms with Crippen LogP contribution in [0.4, 0.5) is 5.69 Å². The number of morpholine rings is 1. The van der Waals surface area contributed by atoms with Crippen molar-refractivity contribution in [1.82, 2.24) is 0 Å². The fraction of sp³-hybridized carbons (Fsp3) is 0.385. The first-order chi connectivity index (χ1) is 7.84. The van der Waals surface area contributed by atoms with Gasteiger partial charge in [-0.25, -0.2) is 0 Å². The van der Waals surface area contributed by atoms with E-state index in [0.29, 0.717) is 0 Å². The molecule has 1 aromatic heterocycles. The van der Waals surface area contributed by atoms with E-state index in [0.717, 1.165) is 31.9 Å². The van der Waals surface area contributed by atoms with E-state index in [2.05, 4.69) is 24.0 Å². The maximum absolute atomic E-state index is 5.45. The maximum atomic E-state index is 5.45. The molecule has 1 aromatic carbocycles. The minimum atomic E-state index is 0.822. The summed E-state index contributed by atoms with van der Waals surface area (Å²) in [7, 11) is 0. The Morgan fingerprint density at radius 1 is 1.19 bits per heavy atom. The molecule has 0 saturated carbocycles. The van der Waals surface area contributed by atoms with Crippen LogP contribution >= 0.6 is 0 Å². The lowest BCUT2D eigenvalue weighted by Gasteiger charge is -2.28. The van der Waals surface area contributed by atoms with Crippen LogP contribution < -0.4 is 4.90 Å². The molecule has 1 aliphatic heterocycles. The number of fused-ring (bicyclic) bond motifs is 1. The van der Waals surface area contributed by atoms with Crippen molar-refractivity contribution in [2.24, 2.45) is 0 Å². The van der Waals surface area contributed by atoms with Gasteiger partial charge in [0.25, 0.3) is 0 Å². The van der Waals surface area contributed by atoms with E-state index in [4.69, 9.17) is 9.15 Å². The van der Waals surface area contributed by atoms with Crippen molar-refractivity contribution in [2.75, 3.05) is 31.2 Å². The molecular formula is C13H15NO2. The van der Waals surface area contributed by atoms with Gasteiger partial charge in [-0.15, -0.1) is 0 Å². The first kappa shape index (κ1) is 9.73. The number of ether oxygens (including phenoxy) is 1. The van der Waals surface area contributed by atoms with Gasteiger partial charge in [0.15, 0.2) is 0 Å². The second-order valence-electron chi connectivity index (χ2n) is 4.20. The highest BCUT2D eigenvalue weighted by molar-refractivity contribution is 5.84. The zero-order valence-corrected chi connectivity index (χ0v) is 9.40. The number of hydrogen-bond acceptors (Lipinski definition) is 3. The second kappa shape index (κ2) is 3.83. The van der Waals surface area contributed by atoms with E-state index in [1.165, 1.54) is 16.6 Å². The standard InChI is InChI=1S/C13H15NO2/c1-10-9-16-13-3-2-11(8-12(10)13)14-4-6-15-7-5-14/h2-3,8-9H,4-7H2,1H3. The quantitative estimate of drug-likeness (QED) is 0.734. The van der Waals surface area contributed by atoms with Crippen LogP contribution in [0.2, 0.25) is 0 Å². The van der Waals surface area contributed by atoms with Crippen LogP contribution in [0.15, 0.2) is 28.9 Å². The molecule has 3 nitrogen and oxygen atoms in total. The molecule has 0 spiro atoms. The van der Waals surface area contributed by atoms with Gasteiger partial charge in [0.2, 0.25) is 0 Å². The third-order valence-electron chi connectivity index (χ3n) is 3.13. The molecule has 1 saturated heterocycles. The lowest BCUT2D eigenvalue weighted by Crippen LogP contribution is -2.36. The van der Waals surface area contributed by atoms with Crippen molar-refractivity contribution in [1.29, 1.82) is 0 Å². The van der Waals surface area contributed by atoms with Crippen LogP contribution in [0.25, 0.3) is 11.0 Å². The van der Waals surface area contributed by atoms with Gasteiger partial charge in [0.1, 0.15) is 5.58 Å². The molecule has 3 rings (SSSR count). The Labute approximate surface area is 94.6 Å². The van der Waals surface area contributed by atoms with E-state index in [9.17, 15) is 0 Å². The average molecular weight is 217 g/mol. The van der Waals surface area contributed by atoms with Crippen molar-refractivity contribution < 1.29 is 9.15 Å². The van der Waals surface area contributed by atoms with E-state index in [1.807, 2.05) is 12.3 Å². The first-order valence-electron chi connectivity index (χ1n) is 5.65. The van der Waals surface area contributed by atoms with E-state index >= 15 is 0 Å². The highest BCUT2D eigenvalue weighted by Gasteiger charge is 2.12. The van der Waals surface area contributed by atoms with Gasteiger partial charge in [-0.1, -0.05) is 0 Å². The van der Waals surface area contributed by atoms with E-state index < -0.39 is 0 Å². The minimum Gasteiger partial charge on any atom is -0.464 e. The molecule has 1 aliphatic rings. The Kier molecular flexibility index (Phi) is 2.33. The number of benzene rings is 1. The zero-order valence-electron chi connectivity index (χ0n) is 9.40. The molecule has 0 amide bonds. The molecule has 84 valence electrons. The summed E-state index contributed by atoms with van der Waals surface area (Å²) in [4.78, 5) is 2.36. The monoisotopic (exact) mass is 217 g/mol.